The Morgan fingerprint density at radius 1 is 0.393 bits per heavy atom. The van der Waals surface area contributed by atoms with Crippen molar-refractivity contribution in [3.63, 3.8) is 0 Å². The molecule has 34 heteroatoms. The number of rotatable bonds is 34. The molecule has 89 heavy (non-hydrogen) atoms. The van der Waals surface area contributed by atoms with Crippen LogP contribution in [0.3, 0.4) is 0 Å². The van der Waals surface area contributed by atoms with Crippen molar-refractivity contribution in [3.05, 3.63) is 0 Å². The van der Waals surface area contributed by atoms with Gasteiger partial charge in [-0.15, -0.1) is 0 Å². The van der Waals surface area contributed by atoms with Gasteiger partial charge in [0.05, 0.1) is 51.8 Å². The van der Waals surface area contributed by atoms with E-state index in [1.807, 2.05) is 13.8 Å². The summed E-state index contributed by atoms with van der Waals surface area (Å²) in [6, 6.07) is 0. The van der Waals surface area contributed by atoms with Crippen LogP contribution in [-0.2, 0) is 66.5 Å². The Kier molecular flexibility index (Phi) is 35.3. The summed E-state index contributed by atoms with van der Waals surface area (Å²) < 4.78 is 55.2. The van der Waals surface area contributed by atoms with Gasteiger partial charge in [0.15, 0.2) is 31.5 Å². The molecule has 5 rings (SSSR count). The molecule has 0 aliphatic carbocycles. The predicted molar refractivity (Wildman–Crippen MR) is 299 cm³/mol. The molecule has 0 aromatic rings. The molecule has 0 spiro atoms. The summed E-state index contributed by atoms with van der Waals surface area (Å²) in [4.78, 5) is 49.9. The summed E-state index contributed by atoms with van der Waals surface area (Å²) in [6.07, 6.45) is -32.0. The highest BCUT2D eigenvalue weighted by molar-refractivity contribution is 5.77. The first kappa shape index (κ1) is 78.3. The van der Waals surface area contributed by atoms with E-state index in [-0.39, 0.29) is 69.3 Å². The smallest absolute Gasteiger partial charge is 0.222 e. The third kappa shape index (κ3) is 24.0. The summed E-state index contributed by atoms with van der Waals surface area (Å²) >= 11 is 0. The van der Waals surface area contributed by atoms with Gasteiger partial charge in [-0.2, -0.15) is 0 Å². The minimum absolute atomic E-state index is 0.0562. The van der Waals surface area contributed by atoms with Gasteiger partial charge in [-0.1, -0.05) is 0 Å². The number of aliphatic hydroxyl groups is 16. The van der Waals surface area contributed by atoms with Crippen molar-refractivity contribution in [3.8, 4) is 0 Å². The van der Waals surface area contributed by atoms with Crippen LogP contribution in [0.15, 0.2) is 0 Å². The summed E-state index contributed by atoms with van der Waals surface area (Å²) in [7, 11) is 0. The average molecular weight is 1300 g/mol. The Labute approximate surface area is 515 Å². The van der Waals surface area contributed by atoms with Crippen LogP contribution in [0.2, 0.25) is 0 Å². The van der Waals surface area contributed by atoms with Crippen LogP contribution in [0, 0.1) is 0 Å². The van der Waals surface area contributed by atoms with Gasteiger partial charge in [0.1, 0.15) is 110 Å². The molecule has 5 fully saturated rings. The number of nitrogens with zero attached hydrogens (tertiary/aromatic N) is 1. The van der Waals surface area contributed by atoms with Gasteiger partial charge < -0.3 is 150 Å². The Bertz CT molecular complexity index is 1990. The van der Waals surface area contributed by atoms with Crippen molar-refractivity contribution in [2.24, 2.45) is 0 Å². The maximum Gasteiger partial charge on any atom is 0.222 e. The lowest BCUT2D eigenvalue weighted by Crippen LogP contribution is -2.65. The Balaban J connectivity index is 0.000000389. The van der Waals surface area contributed by atoms with Crippen molar-refractivity contribution in [2.75, 3.05) is 72.4 Å². The van der Waals surface area contributed by atoms with Crippen molar-refractivity contribution in [2.45, 2.75) is 252 Å². The number of nitrogens with one attached hydrogen (secondary N) is 3. The second-order valence-electron chi connectivity index (χ2n) is 22.4. The van der Waals surface area contributed by atoms with E-state index in [4.69, 9.17) is 47.4 Å². The fraction of sp³-hybridized carbons (Fsp3) is 0.927. The normalized spacial score (nSPS) is 37.4. The van der Waals surface area contributed by atoms with E-state index in [1.54, 1.807) is 18.7 Å². The van der Waals surface area contributed by atoms with Gasteiger partial charge >= 0.3 is 0 Å². The first-order valence-electron chi connectivity index (χ1n) is 30.5. The van der Waals surface area contributed by atoms with E-state index in [2.05, 4.69) is 16.0 Å². The van der Waals surface area contributed by atoms with Gasteiger partial charge in [0.2, 0.25) is 23.6 Å². The zero-order valence-corrected chi connectivity index (χ0v) is 50.8. The third-order valence-corrected chi connectivity index (χ3v) is 15.5. The highest BCUT2D eigenvalue weighted by Gasteiger charge is 2.52. The fourth-order valence-corrected chi connectivity index (χ4v) is 10.1. The highest BCUT2D eigenvalue weighted by atomic mass is 16.8. The molecule has 5 heterocycles. The second kappa shape index (κ2) is 40.2. The highest BCUT2D eigenvalue weighted by Crippen LogP contribution is 2.32. The first-order valence-corrected chi connectivity index (χ1v) is 30.5. The molecule has 0 bridgehead atoms. The summed E-state index contributed by atoms with van der Waals surface area (Å²) in [5.74, 6) is -0.480. The standard InChI is InChI=1S/C29H52N2O18.C26H48N2O12/c1-2-30-16(34)6-3-4-7-17(35)31-8-5-9-44-28-25(43)26(49-29-24(42)22(40)19(37)14(11-33)47-29)20(38)15(48-28)12-45-27-23(41)21(39)18(36)13(10-32)46-27;1-4-27-17(29)9-5-6-10-18(30)28(11-7-13-37-25-23(35)21(33)19(31)15(2)39-25)12-8-14-38-26-24(36)22(34)20(32)16(3)40-26/h13-15,18-29,32-33,36-43H,2-12H2,1H3,(H,30,34)(H,31,35);15-16,19-26,31-36H,4-14H2,1-3H3,(H,27,29)/t13-,14-,15-,18-,19-,20-,21+,22+,23+,24+,25+,26+,27+,28-,29-;15-,16-,19+,20+,21+,22+,23-,24-,25+,26+/m10/s1. The van der Waals surface area contributed by atoms with Gasteiger partial charge in [0.25, 0.3) is 0 Å². The molecule has 4 amide bonds. The molecular formula is C55H100N4O30. The summed E-state index contributed by atoms with van der Waals surface area (Å²) in [6.45, 7) is 6.78. The number of hydrogen-bond donors (Lipinski definition) is 19. The minimum Gasteiger partial charge on any atom is -0.394 e. The lowest BCUT2D eigenvalue weighted by Gasteiger charge is -2.46. The van der Waals surface area contributed by atoms with Crippen LogP contribution in [0.4, 0.5) is 0 Å². The Morgan fingerprint density at radius 3 is 1.21 bits per heavy atom. The third-order valence-electron chi connectivity index (χ3n) is 15.5. The van der Waals surface area contributed by atoms with E-state index in [0.717, 1.165) is 0 Å². The van der Waals surface area contributed by atoms with Crippen molar-refractivity contribution < 1.29 is 148 Å². The van der Waals surface area contributed by atoms with E-state index >= 15 is 0 Å². The fourth-order valence-electron chi connectivity index (χ4n) is 10.1. The molecule has 0 saturated carbocycles. The van der Waals surface area contributed by atoms with Gasteiger partial charge in [-0.05, 0) is 72.6 Å². The number of ether oxygens (including phenoxy) is 10. The maximum absolute atomic E-state index is 12.9. The van der Waals surface area contributed by atoms with Crippen molar-refractivity contribution in [1.82, 2.24) is 20.9 Å². The summed E-state index contributed by atoms with van der Waals surface area (Å²) in [5, 5.41) is 170. The molecule has 5 saturated heterocycles. The molecule has 520 valence electrons. The zero-order valence-electron chi connectivity index (χ0n) is 50.8. The molecule has 0 aromatic carbocycles. The second-order valence-corrected chi connectivity index (χ2v) is 22.4. The molecule has 34 nitrogen and oxygen atoms in total. The topological polar surface area (TPSA) is 524 Å². The lowest BCUT2D eigenvalue weighted by molar-refractivity contribution is -0.366. The molecule has 5 aliphatic rings. The van der Waals surface area contributed by atoms with Crippen molar-refractivity contribution in [1.29, 1.82) is 0 Å². The van der Waals surface area contributed by atoms with E-state index in [0.29, 0.717) is 77.5 Å². The van der Waals surface area contributed by atoms with Crippen molar-refractivity contribution >= 4 is 23.6 Å². The van der Waals surface area contributed by atoms with Crippen LogP contribution in [0.1, 0.15) is 98.3 Å². The first-order chi connectivity index (χ1) is 42.3. The summed E-state index contributed by atoms with van der Waals surface area (Å²) in [5.41, 5.74) is 0. The molecule has 0 aromatic heterocycles. The SMILES string of the molecule is CCNC(=O)CCCCC(=O)N(CCCO[C@@H]1O[C@@H](C)[C@@H](O)[C@@H](O)[C@@H]1O)CCCO[C@@H]1O[C@@H](C)[C@@H](O)[C@@H](O)[C@@H]1O.CCNC(=O)CCCCC(=O)NCCCO[C@@H]1O[C@H](CO[C@H]2O[C@H](CO)[C@@H](O)[C@H](O)[C@@H]2O)[C@@H](O)[C@H](O[C@H]2O[C@H](CO)[C@@H](O)[C@H](O)[C@@H]2O)[C@@H]1O. The quantitative estimate of drug-likeness (QED) is 0.0266. The van der Waals surface area contributed by atoms with E-state index in [1.165, 1.54) is 0 Å². The van der Waals surface area contributed by atoms with Crippen LogP contribution < -0.4 is 16.0 Å². The molecule has 25 atom stereocenters. The van der Waals surface area contributed by atoms with Gasteiger partial charge in [-0.25, -0.2) is 0 Å². The lowest BCUT2D eigenvalue weighted by atomic mass is 9.96. The Hall–Kier alpha value is -3.16. The van der Waals surface area contributed by atoms with E-state index in [9.17, 15) is 101 Å². The Morgan fingerprint density at radius 2 is 0.764 bits per heavy atom. The number of carbonyl (C=O) groups is 4. The predicted octanol–water partition coefficient (Wildman–Crippen LogP) is -8.37. The van der Waals surface area contributed by atoms with Gasteiger partial charge in [0, 0.05) is 58.4 Å². The number of amides is 4. The maximum atomic E-state index is 12.9. The van der Waals surface area contributed by atoms with Gasteiger partial charge in [-0.3, -0.25) is 19.2 Å². The average Bonchev–Trinajstić information content (AvgIpc) is 2.77. The molecule has 5 aliphatic heterocycles. The number of hydrogen-bond acceptors (Lipinski definition) is 30. The zero-order chi connectivity index (χ0) is 66.1. The molecule has 19 N–H and O–H groups in total. The van der Waals surface area contributed by atoms with Crippen LogP contribution in [0.25, 0.3) is 0 Å². The number of aliphatic hydroxyl groups excluding tert-OH is 16. The number of unbranched alkanes of at least 4 members (excludes halogenated alkanes) is 2. The molecule has 0 unspecified atom stereocenters. The van der Waals surface area contributed by atoms with Crippen LogP contribution in [-0.4, -0.2) is 336 Å². The van der Waals surface area contributed by atoms with Crippen LogP contribution in [0.5, 0.6) is 0 Å². The molecular weight excluding hydrogens is 1200 g/mol. The number of carbonyl (C=O) groups excluding carboxylic acids is 4. The molecule has 0 radical (unpaired) electrons. The van der Waals surface area contributed by atoms with Crippen LogP contribution >= 0.6 is 0 Å². The minimum atomic E-state index is -1.87. The monoisotopic (exact) mass is 1300 g/mol. The largest absolute Gasteiger partial charge is 0.394 e. The van der Waals surface area contributed by atoms with E-state index < -0.39 is 173 Å².